The van der Waals surface area contributed by atoms with Crippen molar-refractivity contribution in [3.8, 4) is 5.75 Å². The second kappa shape index (κ2) is 7.38. The summed E-state index contributed by atoms with van der Waals surface area (Å²) in [4.78, 5) is 24.3. The Morgan fingerprint density at radius 2 is 2.07 bits per heavy atom. The van der Waals surface area contributed by atoms with Crippen LogP contribution in [0.4, 0.5) is 11.4 Å². The lowest BCUT2D eigenvalue weighted by atomic mass is 10.1. The third kappa shape index (κ3) is 3.42. The van der Waals surface area contributed by atoms with E-state index in [0.29, 0.717) is 17.8 Å². The molecule has 0 atom stereocenters. The third-order valence-electron chi connectivity index (χ3n) is 3.84. The molecule has 0 unspecified atom stereocenters. The second-order valence-corrected chi connectivity index (χ2v) is 5.97. The molecule has 2 aromatic carbocycles. The number of rotatable bonds is 5. The Balaban J connectivity index is 1.98. The number of amides is 1. The normalized spacial score (nSPS) is 14.8. The first-order valence-electron chi connectivity index (χ1n) is 7.74. The molecule has 27 heavy (non-hydrogen) atoms. The number of aromatic hydroxyl groups is 1. The average Bonchev–Trinajstić information content (AvgIpc) is 2.90. The fourth-order valence-corrected chi connectivity index (χ4v) is 2.88. The van der Waals surface area contributed by atoms with Gasteiger partial charge in [-0.05, 0) is 12.1 Å². The van der Waals surface area contributed by atoms with Crippen molar-refractivity contribution in [1.29, 1.82) is 0 Å². The molecule has 1 heterocycles. The van der Waals surface area contributed by atoms with Gasteiger partial charge in [0, 0.05) is 28.8 Å². The number of carbonyl (C=O) groups excluding carboxylic acids is 1. The van der Waals surface area contributed by atoms with E-state index in [1.165, 1.54) is 11.0 Å². The summed E-state index contributed by atoms with van der Waals surface area (Å²) >= 11 is 5.83. The number of nitrogens with zero attached hydrogens (tertiary/aromatic N) is 4. The maximum absolute atomic E-state index is 12.6. The molecule has 8 nitrogen and oxygen atoms in total. The minimum atomic E-state index is -0.756. The molecular formula is C18H13ClN4O4. The zero-order valence-electron chi connectivity index (χ0n) is 13.9. The van der Waals surface area contributed by atoms with E-state index in [9.17, 15) is 20.0 Å². The molecule has 1 aliphatic heterocycles. The van der Waals surface area contributed by atoms with Gasteiger partial charge in [-0.1, -0.05) is 35.9 Å². The summed E-state index contributed by atoms with van der Waals surface area (Å²) in [6.45, 7) is 3.96. The quantitative estimate of drug-likeness (QED) is 0.369. The van der Waals surface area contributed by atoms with E-state index in [1.54, 1.807) is 30.3 Å². The van der Waals surface area contributed by atoms with Crippen LogP contribution in [0.15, 0.2) is 59.3 Å². The SMILES string of the molecule is C=CCN1C(=O)/C(=N\N=C/c2cc(Cl)cc([N+](=O)[O-])c2O)c2ccccc21. The van der Waals surface area contributed by atoms with Crippen molar-refractivity contribution < 1.29 is 14.8 Å². The lowest BCUT2D eigenvalue weighted by Gasteiger charge is -2.13. The first-order chi connectivity index (χ1) is 12.9. The summed E-state index contributed by atoms with van der Waals surface area (Å²) in [5.41, 5.74) is 0.899. The van der Waals surface area contributed by atoms with Gasteiger partial charge in [0.2, 0.25) is 5.75 Å². The zero-order chi connectivity index (χ0) is 19.6. The molecule has 0 saturated heterocycles. The monoisotopic (exact) mass is 384 g/mol. The standard InChI is InChI=1S/C18H13ClN4O4/c1-2-7-22-14-6-4-3-5-13(14)16(18(22)25)21-20-10-11-8-12(19)9-15(17(11)24)23(26)27/h2-6,8-10,24H,1,7H2/b20-10-,21-16-. The number of anilines is 1. The van der Waals surface area contributed by atoms with Crippen LogP contribution in [0.2, 0.25) is 5.02 Å². The van der Waals surface area contributed by atoms with Gasteiger partial charge < -0.3 is 10.0 Å². The maximum atomic E-state index is 12.6. The van der Waals surface area contributed by atoms with Crippen LogP contribution < -0.4 is 4.90 Å². The van der Waals surface area contributed by atoms with E-state index in [-0.39, 0.29) is 22.2 Å². The Morgan fingerprint density at radius 3 is 2.78 bits per heavy atom. The number of nitro benzene ring substituents is 1. The number of hydrogen-bond acceptors (Lipinski definition) is 6. The molecule has 1 aliphatic rings. The molecule has 0 spiro atoms. The smallest absolute Gasteiger partial charge is 0.312 e. The van der Waals surface area contributed by atoms with Crippen molar-refractivity contribution in [2.75, 3.05) is 11.4 Å². The van der Waals surface area contributed by atoms with E-state index >= 15 is 0 Å². The highest BCUT2D eigenvalue weighted by molar-refractivity contribution is 6.54. The van der Waals surface area contributed by atoms with Crippen LogP contribution in [0.3, 0.4) is 0 Å². The van der Waals surface area contributed by atoms with Crippen LogP contribution in [-0.2, 0) is 4.79 Å². The molecule has 136 valence electrons. The predicted molar refractivity (Wildman–Crippen MR) is 103 cm³/mol. The number of phenolic OH excluding ortho intramolecular Hbond substituents is 1. The summed E-state index contributed by atoms with van der Waals surface area (Å²) in [6.07, 6.45) is 2.71. The first-order valence-corrected chi connectivity index (χ1v) is 8.12. The Kier molecular flexibility index (Phi) is 5.00. The number of phenols is 1. The largest absolute Gasteiger partial charge is 0.502 e. The molecule has 1 amide bonds. The van der Waals surface area contributed by atoms with Crippen molar-refractivity contribution >= 4 is 40.8 Å². The number of halogens is 1. The van der Waals surface area contributed by atoms with Crippen molar-refractivity contribution in [1.82, 2.24) is 0 Å². The van der Waals surface area contributed by atoms with E-state index in [2.05, 4.69) is 16.8 Å². The van der Waals surface area contributed by atoms with E-state index in [1.807, 2.05) is 0 Å². The molecule has 0 aromatic heterocycles. The Hall–Kier alpha value is -3.52. The van der Waals surface area contributed by atoms with Gasteiger partial charge in [-0.3, -0.25) is 14.9 Å². The highest BCUT2D eigenvalue weighted by Crippen LogP contribution is 2.32. The minimum absolute atomic E-state index is 0.0141. The van der Waals surface area contributed by atoms with E-state index in [0.717, 1.165) is 12.3 Å². The molecule has 9 heteroatoms. The van der Waals surface area contributed by atoms with Gasteiger partial charge in [0.15, 0.2) is 5.71 Å². The molecule has 0 bridgehead atoms. The van der Waals surface area contributed by atoms with Crippen LogP contribution in [0.5, 0.6) is 5.75 Å². The molecule has 3 rings (SSSR count). The van der Waals surface area contributed by atoms with Crippen LogP contribution in [0.1, 0.15) is 11.1 Å². The van der Waals surface area contributed by atoms with Crippen molar-refractivity contribution in [2.24, 2.45) is 10.2 Å². The number of hydrogen-bond donors (Lipinski definition) is 1. The van der Waals surface area contributed by atoms with Crippen LogP contribution in [0, 0.1) is 10.1 Å². The van der Waals surface area contributed by atoms with Gasteiger partial charge in [-0.25, -0.2) is 0 Å². The second-order valence-electron chi connectivity index (χ2n) is 5.53. The number of para-hydroxylation sites is 1. The average molecular weight is 385 g/mol. The maximum Gasteiger partial charge on any atom is 0.312 e. The molecule has 0 saturated carbocycles. The molecular weight excluding hydrogens is 372 g/mol. The van der Waals surface area contributed by atoms with Crippen molar-refractivity contribution in [3.05, 3.63) is 75.3 Å². The third-order valence-corrected chi connectivity index (χ3v) is 4.06. The van der Waals surface area contributed by atoms with E-state index < -0.39 is 16.4 Å². The highest BCUT2D eigenvalue weighted by atomic mass is 35.5. The number of benzene rings is 2. The number of carbonyl (C=O) groups is 1. The minimum Gasteiger partial charge on any atom is -0.502 e. The lowest BCUT2D eigenvalue weighted by molar-refractivity contribution is -0.385. The summed E-state index contributed by atoms with van der Waals surface area (Å²) in [7, 11) is 0. The van der Waals surface area contributed by atoms with Crippen LogP contribution in [-0.4, -0.2) is 34.4 Å². The summed E-state index contributed by atoms with van der Waals surface area (Å²) in [5, 5.41) is 28.8. The number of nitro groups is 1. The lowest BCUT2D eigenvalue weighted by Crippen LogP contribution is -2.30. The van der Waals surface area contributed by atoms with Gasteiger partial charge >= 0.3 is 5.69 Å². The zero-order valence-corrected chi connectivity index (χ0v) is 14.6. The Labute approximate surface area is 158 Å². The number of fused-ring (bicyclic) bond motifs is 1. The molecule has 1 N–H and O–H groups in total. The van der Waals surface area contributed by atoms with Gasteiger partial charge in [-0.2, -0.15) is 5.10 Å². The predicted octanol–water partition coefficient (Wildman–Crippen LogP) is 3.31. The molecule has 0 fully saturated rings. The fraction of sp³-hybridized carbons (Fsp3) is 0.0556. The summed E-state index contributed by atoms with van der Waals surface area (Å²) < 4.78 is 0. The van der Waals surface area contributed by atoms with Crippen LogP contribution >= 0.6 is 11.6 Å². The summed E-state index contributed by atoms with van der Waals surface area (Å²) in [5.74, 6) is -0.922. The molecule has 2 aromatic rings. The van der Waals surface area contributed by atoms with Crippen LogP contribution in [0.25, 0.3) is 0 Å². The van der Waals surface area contributed by atoms with Gasteiger partial charge in [0.25, 0.3) is 5.91 Å². The van der Waals surface area contributed by atoms with Gasteiger partial charge in [0.05, 0.1) is 16.8 Å². The highest BCUT2D eigenvalue weighted by Gasteiger charge is 2.33. The molecule has 0 aliphatic carbocycles. The topological polar surface area (TPSA) is 108 Å². The van der Waals surface area contributed by atoms with Gasteiger partial charge in [-0.15, -0.1) is 11.7 Å². The van der Waals surface area contributed by atoms with E-state index in [4.69, 9.17) is 11.6 Å². The van der Waals surface area contributed by atoms with Gasteiger partial charge in [0.1, 0.15) is 0 Å². The fourth-order valence-electron chi connectivity index (χ4n) is 2.66. The van der Waals surface area contributed by atoms with Crippen molar-refractivity contribution in [2.45, 2.75) is 0 Å². The van der Waals surface area contributed by atoms with Crippen molar-refractivity contribution in [3.63, 3.8) is 0 Å². The summed E-state index contributed by atoms with van der Waals surface area (Å²) in [6, 6.07) is 9.44. The molecule has 0 radical (unpaired) electrons. The Morgan fingerprint density at radius 1 is 1.33 bits per heavy atom. The first kappa shape index (κ1) is 18.3. The Bertz CT molecular complexity index is 1020.